The van der Waals surface area contributed by atoms with Crippen molar-refractivity contribution in [2.45, 2.75) is 13.0 Å². The van der Waals surface area contributed by atoms with E-state index < -0.39 is 18.0 Å². The Kier molecular flexibility index (Phi) is 5.06. The summed E-state index contributed by atoms with van der Waals surface area (Å²) in [4.78, 5) is 31.4. The third-order valence-corrected chi connectivity index (χ3v) is 4.53. The Bertz CT molecular complexity index is 940. The Morgan fingerprint density at radius 2 is 2.04 bits per heavy atom. The van der Waals surface area contributed by atoms with Gasteiger partial charge in [0, 0.05) is 17.1 Å². The molecule has 1 aromatic carbocycles. The van der Waals surface area contributed by atoms with Crippen LogP contribution in [-0.4, -0.2) is 27.9 Å². The lowest BCUT2D eigenvalue weighted by Gasteiger charge is -2.12. The van der Waals surface area contributed by atoms with E-state index in [4.69, 9.17) is 16.3 Å². The van der Waals surface area contributed by atoms with E-state index in [1.165, 1.54) is 13.1 Å². The Morgan fingerprint density at radius 1 is 1.28 bits per heavy atom. The van der Waals surface area contributed by atoms with E-state index in [1.54, 1.807) is 12.1 Å². The lowest BCUT2D eigenvalue weighted by molar-refractivity contribution is -0.123. The van der Waals surface area contributed by atoms with Crippen LogP contribution in [0.5, 0.6) is 0 Å². The van der Waals surface area contributed by atoms with E-state index in [9.17, 15) is 9.59 Å². The highest BCUT2D eigenvalue weighted by atomic mass is 79.9. The molecule has 2 heterocycles. The molecular weight excluding hydrogens is 410 g/mol. The molecule has 0 fully saturated rings. The zero-order chi connectivity index (χ0) is 18.0. The van der Waals surface area contributed by atoms with Gasteiger partial charge in [0.15, 0.2) is 6.10 Å². The Labute approximate surface area is 156 Å². The van der Waals surface area contributed by atoms with Crippen molar-refractivity contribution in [3.63, 3.8) is 0 Å². The van der Waals surface area contributed by atoms with Gasteiger partial charge in [-0.2, -0.15) is 0 Å². The molecule has 3 rings (SSSR count). The summed E-state index contributed by atoms with van der Waals surface area (Å²) in [6.07, 6.45) is 0.415. The molecule has 1 unspecified atom stereocenters. The molecule has 0 aliphatic carbocycles. The van der Waals surface area contributed by atoms with Gasteiger partial charge in [-0.25, -0.2) is 9.78 Å². The number of hydrogen-bond acceptors (Lipinski definition) is 4. The largest absolute Gasteiger partial charge is 0.448 e. The molecule has 25 heavy (non-hydrogen) atoms. The van der Waals surface area contributed by atoms with Gasteiger partial charge in [0.2, 0.25) is 0 Å². The van der Waals surface area contributed by atoms with Crippen LogP contribution in [0, 0.1) is 0 Å². The van der Waals surface area contributed by atoms with Crippen molar-refractivity contribution in [3.8, 4) is 0 Å². The van der Waals surface area contributed by atoms with Gasteiger partial charge in [0.05, 0.1) is 9.50 Å². The van der Waals surface area contributed by atoms with E-state index in [0.717, 1.165) is 10.9 Å². The number of hydrogen-bond donors (Lipinski definition) is 2. The number of nitrogens with one attached hydrogen (secondary N) is 2. The first-order chi connectivity index (χ1) is 12.0. The fraction of sp³-hybridized carbons (Fsp3) is 0.118. The third kappa shape index (κ3) is 3.83. The lowest BCUT2D eigenvalue weighted by Crippen LogP contribution is -2.30. The van der Waals surface area contributed by atoms with E-state index in [-0.39, 0.29) is 5.69 Å². The molecule has 0 aliphatic rings. The molecule has 6 nitrogen and oxygen atoms in total. The minimum Gasteiger partial charge on any atom is -0.448 e. The highest BCUT2D eigenvalue weighted by molar-refractivity contribution is 9.10. The highest BCUT2D eigenvalue weighted by Gasteiger charge is 2.23. The first-order valence-corrected chi connectivity index (χ1v) is 8.52. The van der Waals surface area contributed by atoms with Gasteiger partial charge < -0.3 is 15.0 Å². The number of ether oxygens (including phenoxy) is 1. The molecule has 0 saturated heterocycles. The van der Waals surface area contributed by atoms with Crippen LogP contribution in [0.2, 0.25) is 5.02 Å². The van der Waals surface area contributed by atoms with Gasteiger partial charge in [-0.3, -0.25) is 4.79 Å². The van der Waals surface area contributed by atoms with Crippen molar-refractivity contribution in [2.24, 2.45) is 0 Å². The standard InChI is InChI=1S/C17H13BrClN3O3/c1-9(16(23)22-13-7-6-10(19)8-20-13)25-17(24)15-14(18)11-4-2-3-5-12(11)21-15/h2-9,21H,1H3,(H,20,22,23). The van der Waals surface area contributed by atoms with Crippen molar-refractivity contribution < 1.29 is 14.3 Å². The first kappa shape index (κ1) is 17.4. The van der Waals surface area contributed by atoms with E-state index >= 15 is 0 Å². The molecule has 8 heteroatoms. The van der Waals surface area contributed by atoms with E-state index in [1.807, 2.05) is 24.3 Å². The molecule has 0 radical (unpaired) electrons. The normalized spacial score (nSPS) is 12.0. The minimum atomic E-state index is -0.997. The van der Waals surface area contributed by atoms with Crippen molar-refractivity contribution >= 4 is 56.1 Å². The smallest absolute Gasteiger partial charge is 0.356 e. The number of nitrogens with zero attached hydrogens (tertiary/aromatic N) is 1. The second-order valence-electron chi connectivity index (χ2n) is 5.26. The number of para-hydroxylation sites is 1. The van der Waals surface area contributed by atoms with Crippen LogP contribution in [0.4, 0.5) is 5.82 Å². The van der Waals surface area contributed by atoms with Crippen molar-refractivity contribution in [2.75, 3.05) is 5.32 Å². The monoisotopic (exact) mass is 421 g/mol. The van der Waals surface area contributed by atoms with Gasteiger partial charge in [-0.15, -0.1) is 0 Å². The molecule has 0 spiro atoms. The number of esters is 1. The summed E-state index contributed by atoms with van der Waals surface area (Å²) in [5.41, 5.74) is 1.05. The summed E-state index contributed by atoms with van der Waals surface area (Å²) >= 11 is 9.13. The second-order valence-corrected chi connectivity index (χ2v) is 6.49. The number of anilines is 1. The van der Waals surface area contributed by atoms with Gasteiger partial charge in [0.25, 0.3) is 5.91 Å². The molecule has 128 valence electrons. The van der Waals surface area contributed by atoms with Crippen LogP contribution < -0.4 is 5.32 Å². The molecule has 0 aliphatic heterocycles. The molecule has 0 saturated carbocycles. The highest BCUT2D eigenvalue weighted by Crippen LogP contribution is 2.28. The predicted molar refractivity (Wildman–Crippen MR) is 98.8 cm³/mol. The maximum absolute atomic E-state index is 12.4. The zero-order valence-corrected chi connectivity index (χ0v) is 15.4. The molecule has 3 aromatic rings. The number of amides is 1. The Hall–Kier alpha value is -2.38. The third-order valence-electron chi connectivity index (χ3n) is 3.48. The fourth-order valence-corrected chi connectivity index (χ4v) is 2.92. The fourth-order valence-electron chi connectivity index (χ4n) is 2.20. The molecule has 1 atom stereocenters. The minimum absolute atomic E-state index is 0.255. The van der Waals surface area contributed by atoms with Crippen LogP contribution in [-0.2, 0) is 9.53 Å². The molecular formula is C17H13BrClN3O3. The summed E-state index contributed by atoms with van der Waals surface area (Å²) in [7, 11) is 0. The Morgan fingerprint density at radius 3 is 2.72 bits per heavy atom. The average molecular weight is 423 g/mol. The average Bonchev–Trinajstić information content (AvgIpc) is 2.94. The number of fused-ring (bicyclic) bond motifs is 1. The first-order valence-electron chi connectivity index (χ1n) is 7.35. The maximum atomic E-state index is 12.4. The van der Waals surface area contributed by atoms with E-state index in [2.05, 4.69) is 31.2 Å². The van der Waals surface area contributed by atoms with Crippen molar-refractivity contribution in [1.29, 1.82) is 0 Å². The van der Waals surface area contributed by atoms with Crippen LogP contribution >= 0.6 is 27.5 Å². The predicted octanol–water partition coefficient (Wildman–Crippen LogP) is 4.16. The summed E-state index contributed by atoms with van der Waals surface area (Å²) in [6.45, 7) is 1.49. The molecule has 0 bridgehead atoms. The number of aromatic amines is 1. The quantitative estimate of drug-likeness (QED) is 0.618. The second kappa shape index (κ2) is 7.25. The van der Waals surface area contributed by atoms with Crippen LogP contribution in [0.3, 0.4) is 0 Å². The number of carbonyl (C=O) groups excluding carboxylic acids is 2. The van der Waals surface area contributed by atoms with Gasteiger partial charge in [-0.05, 0) is 41.1 Å². The lowest BCUT2D eigenvalue weighted by atomic mass is 10.2. The van der Waals surface area contributed by atoms with Crippen molar-refractivity contribution in [3.05, 3.63) is 57.8 Å². The SMILES string of the molecule is CC(OC(=O)c1[nH]c2ccccc2c1Br)C(=O)Nc1ccc(Cl)cn1. The number of benzene rings is 1. The van der Waals surface area contributed by atoms with E-state index in [0.29, 0.717) is 15.3 Å². The van der Waals surface area contributed by atoms with Crippen LogP contribution in [0.15, 0.2) is 47.1 Å². The van der Waals surface area contributed by atoms with Gasteiger partial charge >= 0.3 is 5.97 Å². The summed E-state index contributed by atoms with van der Waals surface area (Å²) in [5, 5.41) is 3.88. The number of rotatable bonds is 4. The van der Waals surface area contributed by atoms with Gasteiger partial charge in [-0.1, -0.05) is 29.8 Å². The Balaban J connectivity index is 1.69. The molecule has 2 N–H and O–H groups in total. The van der Waals surface area contributed by atoms with Crippen molar-refractivity contribution in [1.82, 2.24) is 9.97 Å². The topological polar surface area (TPSA) is 84.1 Å². The number of pyridine rings is 1. The van der Waals surface area contributed by atoms with Gasteiger partial charge in [0.1, 0.15) is 11.5 Å². The number of H-pyrrole nitrogens is 1. The van der Waals surface area contributed by atoms with Crippen LogP contribution in [0.25, 0.3) is 10.9 Å². The summed E-state index contributed by atoms with van der Waals surface area (Å²) < 4.78 is 5.84. The maximum Gasteiger partial charge on any atom is 0.356 e. The zero-order valence-electron chi connectivity index (χ0n) is 13.0. The van der Waals surface area contributed by atoms with Crippen LogP contribution in [0.1, 0.15) is 17.4 Å². The molecule has 1 amide bonds. The number of aromatic nitrogens is 2. The number of halogens is 2. The number of carbonyl (C=O) groups is 2. The summed E-state index contributed by atoms with van der Waals surface area (Å²) in [6, 6.07) is 10.6. The molecule has 2 aromatic heterocycles. The summed E-state index contributed by atoms with van der Waals surface area (Å²) in [5.74, 6) is -0.797.